The lowest BCUT2D eigenvalue weighted by Gasteiger charge is -1.98. The van der Waals surface area contributed by atoms with Gasteiger partial charge in [-0.25, -0.2) is 9.78 Å². The molecule has 0 spiro atoms. The van der Waals surface area contributed by atoms with Crippen molar-refractivity contribution in [2.24, 2.45) is 5.73 Å². The third-order valence-electron chi connectivity index (χ3n) is 1.55. The van der Waals surface area contributed by atoms with Gasteiger partial charge in [-0.1, -0.05) is 5.92 Å². The molecule has 15 heavy (non-hydrogen) atoms. The maximum Gasteiger partial charge on any atom is 0.355 e. The summed E-state index contributed by atoms with van der Waals surface area (Å²) in [6.07, 6.45) is 1.42. The molecular formula is C10H8N2O3. The van der Waals surface area contributed by atoms with Gasteiger partial charge in [0.1, 0.15) is 0 Å². The fraction of sp³-hybridized carbons (Fsp3) is 0.100. The lowest BCUT2D eigenvalue weighted by Crippen LogP contribution is -2.07. The number of nitrogens with two attached hydrogens (primary N) is 1. The Morgan fingerprint density at radius 1 is 1.53 bits per heavy atom. The first-order valence-corrected chi connectivity index (χ1v) is 4.02. The quantitative estimate of drug-likeness (QED) is 0.626. The van der Waals surface area contributed by atoms with E-state index >= 15 is 0 Å². The maximum atomic E-state index is 10.7. The molecule has 5 heteroatoms. The van der Waals surface area contributed by atoms with Crippen molar-refractivity contribution in [2.45, 2.75) is 6.92 Å². The smallest absolute Gasteiger partial charge is 0.355 e. The maximum absolute atomic E-state index is 10.7. The molecule has 1 aromatic rings. The SMILES string of the molecule is Cc1cnc(C(=O)O)c(C#CC(N)=O)c1. The topological polar surface area (TPSA) is 93.3 Å². The van der Waals surface area contributed by atoms with Crippen LogP contribution in [0.25, 0.3) is 0 Å². The van der Waals surface area contributed by atoms with E-state index in [1.165, 1.54) is 12.3 Å². The predicted octanol–water partition coefficient (Wildman–Crippen LogP) is -0.0750. The fourth-order valence-corrected chi connectivity index (χ4v) is 0.964. The van der Waals surface area contributed by atoms with E-state index in [9.17, 15) is 9.59 Å². The summed E-state index contributed by atoms with van der Waals surface area (Å²) in [4.78, 5) is 24.9. The number of pyridine rings is 1. The molecule has 1 rings (SSSR count). The molecule has 0 fully saturated rings. The second-order valence-corrected chi connectivity index (χ2v) is 2.83. The van der Waals surface area contributed by atoms with Crippen molar-refractivity contribution in [1.29, 1.82) is 0 Å². The number of carboxylic acids is 1. The van der Waals surface area contributed by atoms with E-state index in [1.54, 1.807) is 6.92 Å². The first-order valence-electron chi connectivity index (χ1n) is 4.02. The summed E-state index contributed by atoms with van der Waals surface area (Å²) >= 11 is 0. The molecule has 0 aliphatic heterocycles. The molecule has 0 radical (unpaired) electrons. The number of aromatic carboxylic acids is 1. The van der Waals surface area contributed by atoms with E-state index in [-0.39, 0.29) is 11.3 Å². The Bertz CT molecular complexity index is 483. The van der Waals surface area contributed by atoms with Gasteiger partial charge in [0.25, 0.3) is 5.91 Å². The minimum atomic E-state index is -1.19. The molecule has 1 amide bonds. The zero-order valence-corrected chi connectivity index (χ0v) is 7.94. The Morgan fingerprint density at radius 3 is 2.73 bits per heavy atom. The summed E-state index contributed by atoms with van der Waals surface area (Å²) in [5, 5.41) is 8.78. The van der Waals surface area contributed by atoms with Crippen LogP contribution in [0.3, 0.4) is 0 Å². The molecule has 0 aliphatic rings. The summed E-state index contributed by atoms with van der Waals surface area (Å²) in [6.45, 7) is 1.74. The molecule has 0 bridgehead atoms. The van der Waals surface area contributed by atoms with E-state index in [0.717, 1.165) is 5.56 Å². The Balaban J connectivity index is 3.27. The number of carboxylic acid groups (broad SMARTS) is 1. The molecular weight excluding hydrogens is 196 g/mol. The Hall–Kier alpha value is -2.35. The number of aryl methyl sites for hydroxylation is 1. The lowest BCUT2D eigenvalue weighted by molar-refractivity contribution is -0.112. The summed E-state index contributed by atoms with van der Waals surface area (Å²) in [7, 11) is 0. The third-order valence-corrected chi connectivity index (χ3v) is 1.55. The first-order chi connectivity index (χ1) is 7.00. The number of hydrogen-bond acceptors (Lipinski definition) is 3. The first kappa shape index (κ1) is 10.7. The third kappa shape index (κ3) is 2.81. The molecule has 1 heterocycles. The van der Waals surface area contributed by atoms with Gasteiger partial charge in [-0.2, -0.15) is 0 Å². The summed E-state index contributed by atoms with van der Waals surface area (Å²) < 4.78 is 0. The molecule has 0 aromatic carbocycles. The van der Waals surface area contributed by atoms with E-state index in [0.29, 0.717) is 0 Å². The van der Waals surface area contributed by atoms with Gasteiger partial charge in [-0.3, -0.25) is 4.79 Å². The van der Waals surface area contributed by atoms with Crippen molar-refractivity contribution in [3.05, 3.63) is 29.1 Å². The lowest BCUT2D eigenvalue weighted by atomic mass is 10.1. The highest BCUT2D eigenvalue weighted by Crippen LogP contribution is 2.06. The summed E-state index contributed by atoms with van der Waals surface area (Å²) in [6, 6.07) is 1.53. The van der Waals surface area contributed by atoms with Crippen LogP contribution in [0, 0.1) is 18.8 Å². The standard InChI is InChI=1S/C10H8N2O3/c1-6-4-7(2-3-8(11)13)9(10(14)15)12-5-6/h4-5H,1H3,(H2,11,13)(H,14,15). The fourth-order valence-electron chi connectivity index (χ4n) is 0.964. The molecule has 1 aromatic heterocycles. The molecule has 0 aliphatic carbocycles. The van der Waals surface area contributed by atoms with Gasteiger partial charge >= 0.3 is 5.97 Å². The van der Waals surface area contributed by atoms with Crippen LogP contribution in [0.1, 0.15) is 21.6 Å². The van der Waals surface area contributed by atoms with Crippen LogP contribution in [-0.2, 0) is 4.79 Å². The average Bonchev–Trinajstić information content (AvgIpc) is 2.14. The van der Waals surface area contributed by atoms with Gasteiger partial charge in [0.15, 0.2) is 5.69 Å². The van der Waals surface area contributed by atoms with Crippen LogP contribution >= 0.6 is 0 Å². The van der Waals surface area contributed by atoms with Gasteiger partial charge in [0.05, 0.1) is 5.56 Å². The minimum absolute atomic E-state index is 0.182. The Labute approximate surface area is 85.9 Å². The molecule has 0 unspecified atom stereocenters. The van der Waals surface area contributed by atoms with Gasteiger partial charge in [-0.05, 0) is 18.6 Å². The molecule has 0 saturated carbocycles. The van der Waals surface area contributed by atoms with Gasteiger partial charge in [0.2, 0.25) is 0 Å². The van der Waals surface area contributed by atoms with Crippen molar-refractivity contribution in [3.8, 4) is 11.8 Å². The highest BCUT2D eigenvalue weighted by molar-refractivity contribution is 5.94. The number of carbonyl (C=O) groups is 2. The van der Waals surface area contributed by atoms with Crippen LogP contribution in [0.4, 0.5) is 0 Å². The Kier molecular flexibility index (Phi) is 3.03. The van der Waals surface area contributed by atoms with Crippen molar-refractivity contribution in [3.63, 3.8) is 0 Å². The minimum Gasteiger partial charge on any atom is -0.476 e. The molecule has 5 nitrogen and oxygen atoms in total. The van der Waals surface area contributed by atoms with E-state index in [2.05, 4.69) is 16.8 Å². The molecule has 0 atom stereocenters. The van der Waals surface area contributed by atoms with Crippen molar-refractivity contribution >= 4 is 11.9 Å². The predicted molar refractivity (Wildman–Crippen MR) is 52.0 cm³/mol. The van der Waals surface area contributed by atoms with E-state index in [4.69, 9.17) is 10.8 Å². The van der Waals surface area contributed by atoms with Crippen LogP contribution in [0.15, 0.2) is 12.3 Å². The second-order valence-electron chi connectivity index (χ2n) is 2.83. The van der Waals surface area contributed by atoms with Gasteiger partial charge in [0, 0.05) is 12.1 Å². The van der Waals surface area contributed by atoms with Crippen LogP contribution < -0.4 is 5.73 Å². The van der Waals surface area contributed by atoms with Crippen LogP contribution in [-0.4, -0.2) is 22.0 Å². The second kappa shape index (κ2) is 4.24. The molecule has 0 saturated heterocycles. The highest BCUT2D eigenvalue weighted by atomic mass is 16.4. The summed E-state index contributed by atoms with van der Waals surface area (Å²) in [5.74, 6) is 2.43. The number of carbonyl (C=O) groups excluding carboxylic acids is 1. The number of amides is 1. The largest absolute Gasteiger partial charge is 0.476 e. The normalized spacial score (nSPS) is 8.87. The van der Waals surface area contributed by atoms with E-state index < -0.39 is 11.9 Å². The highest BCUT2D eigenvalue weighted by Gasteiger charge is 2.09. The number of aromatic nitrogens is 1. The van der Waals surface area contributed by atoms with Crippen molar-refractivity contribution in [1.82, 2.24) is 4.98 Å². The van der Waals surface area contributed by atoms with E-state index in [1.807, 2.05) is 0 Å². The van der Waals surface area contributed by atoms with Crippen LogP contribution in [0.5, 0.6) is 0 Å². The summed E-state index contributed by atoms with van der Waals surface area (Å²) in [5.41, 5.74) is 5.58. The van der Waals surface area contributed by atoms with Gasteiger partial charge in [-0.15, -0.1) is 0 Å². The zero-order chi connectivity index (χ0) is 11.4. The van der Waals surface area contributed by atoms with Gasteiger partial charge < -0.3 is 10.8 Å². The Morgan fingerprint density at radius 2 is 2.20 bits per heavy atom. The average molecular weight is 204 g/mol. The number of nitrogens with zero attached hydrogens (tertiary/aromatic N) is 1. The van der Waals surface area contributed by atoms with Crippen LogP contribution in [0.2, 0.25) is 0 Å². The molecule has 3 N–H and O–H groups in total. The van der Waals surface area contributed by atoms with Crippen molar-refractivity contribution in [2.75, 3.05) is 0 Å². The van der Waals surface area contributed by atoms with Crippen molar-refractivity contribution < 1.29 is 14.7 Å². The molecule has 76 valence electrons. The monoisotopic (exact) mass is 204 g/mol. The zero-order valence-electron chi connectivity index (χ0n) is 7.94. The number of hydrogen-bond donors (Lipinski definition) is 2. The number of primary amides is 1. The number of rotatable bonds is 1.